The summed E-state index contributed by atoms with van der Waals surface area (Å²) in [6.45, 7) is 6.17. The van der Waals surface area contributed by atoms with Crippen LogP contribution in [0.25, 0.3) is 0 Å². The number of hydrogen-bond donors (Lipinski definition) is 1. The Labute approximate surface area is 243 Å². The molecule has 0 bridgehead atoms. The zero-order chi connectivity index (χ0) is 30.0. The van der Waals surface area contributed by atoms with Crippen molar-refractivity contribution >= 4 is 27.5 Å². The molecule has 2 atom stereocenters. The highest BCUT2D eigenvalue weighted by atomic mass is 32.2. The summed E-state index contributed by atoms with van der Waals surface area (Å²) < 4.78 is 39.6. The van der Waals surface area contributed by atoms with Crippen LogP contribution in [0.5, 0.6) is 0 Å². The van der Waals surface area contributed by atoms with Crippen LogP contribution in [0.3, 0.4) is 0 Å². The van der Waals surface area contributed by atoms with E-state index in [0.29, 0.717) is 12.1 Å². The van der Waals surface area contributed by atoms with Crippen LogP contribution < -0.4 is 9.62 Å². The van der Waals surface area contributed by atoms with Gasteiger partial charge in [0.15, 0.2) is 0 Å². The third-order valence-corrected chi connectivity index (χ3v) is 8.17. The van der Waals surface area contributed by atoms with Crippen molar-refractivity contribution in [1.82, 2.24) is 10.2 Å². The Hall–Kier alpha value is -3.72. The zero-order valence-corrected chi connectivity index (χ0v) is 25.0. The van der Waals surface area contributed by atoms with Crippen molar-refractivity contribution in [3.63, 3.8) is 0 Å². The summed E-state index contributed by atoms with van der Waals surface area (Å²) in [5.74, 6) is -0.947. The average Bonchev–Trinajstić information content (AvgIpc) is 2.93. The quantitative estimate of drug-likeness (QED) is 0.282. The maximum Gasteiger partial charge on any atom is 0.243 e. The molecule has 0 aliphatic carbocycles. The zero-order valence-electron chi connectivity index (χ0n) is 24.2. The lowest BCUT2D eigenvalue weighted by molar-refractivity contribution is -0.141. The number of benzene rings is 3. The first kappa shape index (κ1) is 31.8. The van der Waals surface area contributed by atoms with E-state index in [-0.39, 0.29) is 43.8 Å². The van der Waals surface area contributed by atoms with Gasteiger partial charge >= 0.3 is 0 Å². The average molecular weight is 582 g/mol. The summed E-state index contributed by atoms with van der Waals surface area (Å²) in [7, 11) is -3.67. The van der Waals surface area contributed by atoms with Gasteiger partial charge in [0.25, 0.3) is 0 Å². The van der Waals surface area contributed by atoms with Gasteiger partial charge in [0, 0.05) is 32.0 Å². The van der Waals surface area contributed by atoms with E-state index in [1.54, 1.807) is 4.90 Å². The molecule has 220 valence electrons. The Kier molecular flexibility index (Phi) is 11.5. The van der Waals surface area contributed by atoms with Crippen molar-refractivity contribution < 1.29 is 22.4 Å². The van der Waals surface area contributed by atoms with Crippen LogP contribution in [-0.4, -0.2) is 50.0 Å². The van der Waals surface area contributed by atoms with E-state index < -0.39 is 21.9 Å². The number of rotatable bonds is 14. The summed E-state index contributed by atoms with van der Waals surface area (Å²) in [6, 6.07) is 21.8. The van der Waals surface area contributed by atoms with Gasteiger partial charge in [-0.3, -0.25) is 13.9 Å². The van der Waals surface area contributed by atoms with E-state index >= 15 is 0 Å². The SMILES string of the molecule is CCC(C)NC(=O)C(Cc1ccccc1)N(Cc1cccc(C)c1)C(=O)CCCN(c1ccc(F)cc1)S(C)(=O)=O. The summed E-state index contributed by atoms with van der Waals surface area (Å²) >= 11 is 0. The van der Waals surface area contributed by atoms with E-state index in [1.165, 1.54) is 28.6 Å². The minimum Gasteiger partial charge on any atom is -0.352 e. The van der Waals surface area contributed by atoms with E-state index in [0.717, 1.165) is 29.4 Å². The molecular formula is C32H40FN3O4S. The number of aryl methyl sites for hydroxylation is 1. The van der Waals surface area contributed by atoms with E-state index in [9.17, 15) is 22.4 Å². The number of halogens is 1. The fourth-order valence-corrected chi connectivity index (χ4v) is 5.58. The van der Waals surface area contributed by atoms with Crippen LogP contribution in [0.15, 0.2) is 78.9 Å². The van der Waals surface area contributed by atoms with E-state index in [1.807, 2.05) is 75.4 Å². The molecular weight excluding hydrogens is 541 g/mol. The lowest BCUT2D eigenvalue weighted by Gasteiger charge is -2.33. The molecule has 1 N–H and O–H groups in total. The Morgan fingerprint density at radius 2 is 1.61 bits per heavy atom. The molecule has 0 aromatic heterocycles. The van der Waals surface area contributed by atoms with E-state index in [4.69, 9.17) is 0 Å². The fourth-order valence-electron chi connectivity index (χ4n) is 4.61. The number of hydrogen-bond acceptors (Lipinski definition) is 4. The number of nitrogens with zero attached hydrogens (tertiary/aromatic N) is 2. The Morgan fingerprint density at radius 3 is 2.22 bits per heavy atom. The van der Waals surface area contributed by atoms with Crippen molar-refractivity contribution in [2.75, 3.05) is 17.1 Å². The third-order valence-electron chi connectivity index (χ3n) is 6.97. The number of amides is 2. The largest absolute Gasteiger partial charge is 0.352 e. The second-order valence-electron chi connectivity index (χ2n) is 10.4. The third kappa shape index (κ3) is 9.70. The molecule has 41 heavy (non-hydrogen) atoms. The van der Waals surface area contributed by atoms with Crippen molar-refractivity contribution in [3.8, 4) is 0 Å². The predicted molar refractivity (Wildman–Crippen MR) is 161 cm³/mol. The molecule has 0 aliphatic heterocycles. The molecule has 0 saturated carbocycles. The smallest absolute Gasteiger partial charge is 0.243 e. The molecule has 3 aromatic carbocycles. The van der Waals surface area contributed by atoms with Crippen LogP contribution >= 0.6 is 0 Å². The van der Waals surface area contributed by atoms with Gasteiger partial charge in [-0.05, 0) is 62.1 Å². The molecule has 0 spiro atoms. The lowest BCUT2D eigenvalue weighted by atomic mass is 10.0. The van der Waals surface area contributed by atoms with Gasteiger partial charge < -0.3 is 10.2 Å². The number of anilines is 1. The van der Waals surface area contributed by atoms with Gasteiger partial charge in [0.2, 0.25) is 21.8 Å². The molecule has 2 unspecified atom stereocenters. The number of sulfonamides is 1. The first-order valence-corrected chi connectivity index (χ1v) is 15.7. The highest BCUT2D eigenvalue weighted by Crippen LogP contribution is 2.21. The molecule has 3 rings (SSSR count). The molecule has 0 fully saturated rings. The summed E-state index contributed by atoms with van der Waals surface area (Å²) in [4.78, 5) is 29.1. The van der Waals surface area contributed by atoms with Crippen LogP contribution in [0.2, 0.25) is 0 Å². The minimum atomic E-state index is -3.67. The van der Waals surface area contributed by atoms with Crippen molar-refractivity contribution in [3.05, 3.63) is 101 Å². The van der Waals surface area contributed by atoms with Gasteiger partial charge in [-0.2, -0.15) is 0 Å². The molecule has 2 amide bonds. The molecule has 3 aromatic rings. The summed E-state index contributed by atoms with van der Waals surface area (Å²) in [6.07, 6.45) is 2.42. The van der Waals surface area contributed by atoms with Crippen LogP contribution in [0, 0.1) is 12.7 Å². The standard InChI is InChI=1S/C32H40FN3O4S/c1-5-25(3)34-32(38)30(22-26-12-7-6-8-13-26)35(23-27-14-9-11-24(2)21-27)31(37)15-10-20-36(41(4,39)40)29-18-16-28(33)17-19-29/h6-9,11-14,16-19,21,25,30H,5,10,15,20,22-23H2,1-4H3,(H,34,38). The first-order valence-electron chi connectivity index (χ1n) is 13.9. The highest BCUT2D eigenvalue weighted by Gasteiger charge is 2.31. The first-order chi connectivity index (χ1) is 19.5. The molecule has 9 heteroatoms. The van der Waals surface area contributed by atoms with Gasteiger partial charge in [-0.15, -0.1) is 0 Å². The molecule has 0 saturated heterocycles. The number of nitrogens with one attached hydrogen (secondary N) is 1. The van der Waals surface area contributed by atoms with E-state index in [2.05, 4.69) is 5.32 Å². The molecule has 0 aliphatic rings. The molecule has 0 heterocycles. The van der Waals surface area contributed by atoms with Gasteiger partial charge in [-0.1, -0.05) is 67.1 Å². The second kappa shape index (κ2) is 14.8. The second-order valence-corrected chi connectivity index (χ2v) is 12.4. The summed E-state index contributed by atoms with van der Waals surface area (Å²) in [5, 5.41) is 3.05. The summed E-state index contributed by atoms with van der Waals surface area (Å²) in [5.41, 5.74) is 3.20. The Morgan fingerprint density at radius 1 is 0.951 bits per heavy atom. The van der Waals surface area contributed by atoms with Crippen molar-refractivity contribution in [1.29, 1.82) is 0 Å². The minimum absolute atomic E-state index is 0.0287. The Bertz CT molecular complexity index is 1400. The van der Waals surface area contributed by atoms with Crippen LogP contribution in [-0.2, 0) is 32.6 Å². The van der Waals surface area contributed by atoms with Gasteiger partial charge in [-0.25, -0.2) is 12.8 Å². The maximum absolute atomic E-state index is 13.9. The van der Waals surface area contributed by atoms with Gasteiger partial charge in [0.05, 0.1) is 11.9 Å². The highest BCUT2D eigenvalue weighted by molar-refractivity contribution is 7.92. The van der Waals surface area contributed by atoms with Crippen molar-refractivity contribution in [2.45, 2.75) is 65.1 Å². The number of carbonyl (C=O) groups excluding carboxylic acids is 2. The van der Waals surface area contributed by atoms with Gasteiger partial charge in [0.1, 0.15) is 11.9 Å². The van der Waals surface area contributed by atoms with Crippen LogP contribution in [0.4, 0.5) is 10.1 Å². The fraction of sp³-hybridized carbons (Fsp3) is 0.375. The van der Waals surface area contributed by atoms with Crippen molar-refractivity contribution in [2.24, 2.45) is 0 Å². The topological polar surface area (TPSA) is 86.8 Å². The van der Waals surface area contributed by atoms with Crippen LogP contribution in [0.1, 0.15) is 49.8 Å². The molecule has 7 nitrogen and oxygen atoms in total. The number of carbonyl (C=O) groups is 2. The Balaban J connectivity index is 1.89. The lowest BCUT2D eigenvalue weighted by Crippen LogP contribution is -2.52. The normalized spacial score (nSPS) is 12.8. The monoisotopic (exact) mass is 581 g/mol. The molecule has 0 radical (unpaired) electrons. The maximum atomic E-state index is 13.9. The predicted octanol–water partition coefficient (Wildman–Crippen LogP) is 5.24.